The lowest BCUT2D eigenvalue weighted by Crippen LogP contribution is -2.47. The van der Waals surface area contributed by atoms with Gasteiger partial charge in [0, 0.05) is 37.5 Å². The molecular formula is C27H32N4O3. The number of hydrogen-bond acceptors (Lipinski definition) is 6. The number of benzene rings is 2. The van der Waals surface area contributed by atoms with Gasteiger partial charge >= 0.3 is 0 Å². The van der Waals surface area contributed by atoms with E-state index in [0.29, 0.717) is 39.3 Å². The van der Waals surface area contributed by atoms with Gasteiger partial charge < -0.3 is 20.1 Å². The Kier molecular flexibility index (Phi) is 7.87. The van der Waals surface area contributed by atoms with Crippen molar-refractivity contribution < 1.29 is 14.3 Å². The summed E-state index contributed by atoms with van der Waals surface area (Å²) in [5.74, 6) is 0.862. The fraction of sp³-hybridized carbons (Fsp3) is 0.370. The van der Waals surface area contributed by atoms with Crippen molar-refractivity contribution in [2.24, 2.45) is 11.7 Å². The Morgan fingerprint density at radius 3 is 2.59 bits per heavy atom. The van der Waals surface area contributed by atoms with Gasteiger partial charge in [0.2, 0.25) is 5.91 Å². The molecule has 1 aromatic heterocycles. The zero-order chi connectivity index (χ0) is 23.9. The topological polar surface area (TPSA) is 90.6 Å². The van der Waals surface area contributed by atoms with Crippen molar-refractivity contribution in [2.75, 3.05) is 26.4 Å². The number of fused-ring (bicyclic) bond motifs is 3. The second-order valence-corrected chi connectivity index (χ2v) is 8.94. The second kappa shape index (κ2) is 11.2. The van der Waals surface area contributed by atoms with Gasteiger partial charge in [-0.2, -0.15) is 0 Å². The van der Waals surface area contributed by atoms with E-state index in [9.17, 15) is 4.79 Å². The molecule has 2 N–H and O–H groups in total. The molecular weight excluding hydrogens is 428 g/mol. The van der Waals surface area contributed by atoms with Crippen LogP contribution >= 0.6 is 0 Å². The van der Waals surface area contributed by atoms with Crippen molar-refractivity contribution in [3.05, 3.63) is 77.9 Å². The van der Waals surface area contributed by atoms with Crippen LogP contribution in [-0.4, -0.2) is 53.2 Å². The molecule has 1 atom stereocenters. The summed E-state index contributed by atoms with van der Waals surface area (Å²) < 4.78 is 11.9. The fourth-order valence-corrected chi connectivity index (χ4v) is 4.01. The summed E-state index contributed by atoms with van der Waals surface area (Å²) in [6.45, 7) is 6.23. The lowest BCUT2D eigenvalue weighted by molar-refractivity contribution is -0.135. The molecule has 1 aliphatic rings. The van der Waals surface area contributed by atoms with E-state index in [1.807, 2.05) is 38.1 Å². The quantitative estimate of drug-likeness (QED) is 0.644. The van der Waals surface area contributed by atoms with Crippen molar-refractivity contribution in [1.29, 1.82) is 0 Å². The highest BCUT2D eigenvalue weighted by molar-refractivity contribution is 5.82. The molecule has 0 unspecified atom stereocenters. The van der Waals surface area contributed by atoms with Gasteiger partial charge in [-0.05, 0) is 40.3 Å². The molecule has 2 bridgehead atoms. The van der Waals surface area contributed by atoms with Gasteiger partial charge in [-0.25, -0.2) is 9.97 Å². The van der Waals surface area contributed by atoms with Crippen molar-refractivity contribution in [3.63, 3.8) is 0 Å². The Morgan fingerprint density at radius 1 is 1.00 bits per heavy atom. The SMILES string of the molecule is CC(C)[C@@H](N)C(=O)N1CCOCCOc2ccc(-c3cncnc3)cc2Cc2cccc(c2)C1. The van der Waals surface area contributed by atoms with Gasteiger partial charge in [0.05, 0.1) is 19.3 Å². The third-order valence-electron chi connectivity index (χ3n) is 6.02. The molecule has 1 amide bonds. The minimum Gasteiger partial charge on any atom is -0.491 e. The molecule has 0 aliphatic carbocycles. The first kappa shape index (κ1) is 23.9. The summed E-state index contributed by atoms with van der Waals surface area (Å²) in [6, 6.07) is 14.0. The first-order valence-electron chi connectivity index (χ1n) is 11.7. The minimum absolute atomic E-state index is 0.0487. The van der Waals surface area contributed by atoms with E-state index in [4.69, 9.17) is 15.2 Å². The number of hydrogen-bond donors (Lipinski definition) is 1. The van der Waals surface area contributed by atoms with Crippen LogP contribution in [0.3, 0.4) is 0 Å². The molecule has 2 heterocycles. The zero-order valence-corrected chi connectivity index (χ0v) is 19.8. The monoisotopic (exact) mass is 460 g/mol. The van der Waals surface area contributed by atoms with Crippen molar-refractivity contribution in [3.8, 4) is 16.9 Å². The van der Waals surface area contributed by atoms with Crippen molar-refractivity contribution in [2.45, 2.75) is 32.9 Å². The first-order valence-corrected chi connectivity index (χ1v) is 11.7. The molecule has 2 aromatic carbocycles. The number of amides is 1. The highest BCUT2D eigenvalue weighted by atomic mass is 16.5. The fourth-order valence-electron chi connectivity index (χ4n) is 4.01. The van der Waals surface area contributed by atoms with Gasteiger partial charge in [-0.1, -0.05) is 44.2 Å². The Balaban J connectivity index is 1.64. The summed E-state index contributed by atoms with van der Waals surface area (Å²) in [5.41, 5.74) is 11.5. The van der Waals surface area contributed by atoms with Crippen LogP contribution in [0.5, 0.6) is 5.75 Å². The molecule has 178 valence electrons. The highest BCUT2D eigenvalue weighted by Gasteiger charge is 2.24. The molecule has 0 spiro atoms. The number of aromatic nitrogens is 2. The van der Waals surface area contributed by atoms with Crippen LogP contribution in [0.25, 0.3) is 11.1 Å². The normalized spacial score (nSPS) is 15.7. The minimum atomic E-state index is -0.530. The largest absolute Gasteiger partial charge is 0.491 e. The van der Waals surface area contributed by atoms with Gasteiger partial charge in [0.15, 0.2) is 0 Å². The van der Waals surface area contributed by atoms with Crippen LogP contribution in [0.4, 0.5) is 0 Å². The van der Waals surface area contributed by atoms with E-state index in [1.54, 1.807) is 17.3 Å². The third kappa shape index (κ3) is 5.98. The van der Waals surface area contributed by atoms with Crippen LogP contribution in [0, 0.1) is 5.92 Å². The predicted octanol–water partition coefficient (Wildman–Crippen LogP) is 3.46. The lowest BCUT2D eigenvalue weighted by Gasteiger charge is -2.28. The van der Waals surface area contributed by atoms with E-state index in [1.165, 1.54) is 6.33 Å². The smallest absolute Gasteiger partial charge is 0.240 e. The average molecular weight is 461 g/mol. The molecule has 4 rings (SSSR count). The molecule has 1 aliphatic heterocycles. The van der Waals surface area contributed by atoms with Gasteiger partial charge in [-0.3, -0.25) is 4.79 Å². The molecule has 34 heavy (non-hydrogen) atoms. The van der Waals surface area contributed by atoms with E-state index in [-0.39, 0.29) is 11.8 Å². The van der Waals surface area contributed by atoms with E-state index in [0.717, 1.165) is 33.6 Å². The maximum Gasteiger partial charge on any atom is 0.240 e. The van der Waals surface area contributed by atoms with E-state index >= 15 is 0 Å². The average Bonchev–Trinajstić information content (AvgIpc) is 2.85. The van der Waals surface area contributed by atoms with Gasteiger partial charge in [0.1, 0.15) is 18.7 Å². The molecule has 0 fully saturated rings. The molecule has 7 nitrogen and oxygen atoms in total. The van der Waals surface area contributed by atoms with Crippen LogP contribution in [0.15, 0.2) is 61.2 Å². The predicted molar refractivity (Wildman–Crippen MR) is 131 cm³/mol. The highest BCUT2D eigenvalue weighted by Crippen LogP contribution is 2.28. The van der Waals surface area contributed by atoms with Crippen LogP contribution in [0.2, 0.25) is 0 Å². The molecule has 0 saturated heterocycles. The number of nitrogens with two attached hydrogens (primary N) is 1. The van der Waals surface area contributed by atoms with Crippen LogP contribution in [0.1, 0.15) is 30.5 Å². The summed E-state index contributed by atoms with van der Waals surface area (Å²) >= 11 is 0. The van der Waals surface area contributed by atoms with Crippen LogP contribution in [-0.2, 0) is 22.5 Å². The summed E-state index contributed by atoms with van der Waals surface area (Å²) in [6.07, 6.45) is 5.84. The number of carbonyl (C=O) groups excluding carboxylic acids is 1. The van der Waals surface area contributed by atoms with Gasteiger partial charge in [-0.15, -0.1) is 0 Å². The lowest BCUT2D eigenvalue weighted by atomic mass is 9.98. The Morgan fingerprint density at radius 2 is 1.79 bits per heavy atom. The first-order chi connectivity index (χ1) is 16.5. The Hall–Kier alpha value is -3.29. The molecule has 3 aromatic rings. The van der Waals surface area contributed by atoms with E-state index in [2.05, 4.69) is 28.2 Å². The maximum absolute atomic E-state index is 13.0. The number of ether oxygens (including phenoxy) is 2. The standard InChI is InChI=1S/C27H32N4O3/c1-19(2)26(28)27(32)31-8-9-33-10-11-34-25-7-6-22(24-15-29-18-30-16-24)14-23(25)13-20-4-3-5-21(12-20)17-31/h3-7,12,14-16,18-19,26H,8-11,13,17,28H2,1-2H3/t26-/m1/s1. The summed E-state index contributed by atoms with van der Waals surface area (Å²) in [4.78, 5) is 23.1. The maximum atomic E-state index is 13.0. The van der Waals surface area contributed by atoms with Crippen molar-refractivity contribution >= 4 is 5.91 Å². The summed E-state index contributed by atoms with van der Waals surface area (Å²) in [7, 11) is 0. The number of rotatable bonds is 3. The molecule has 0 saturated carbocycles. The zero-order valence-electron chi connectivity index (χ0n) is 19.8. The molecule has 0 radical (unpaired) electrons. The van der Waals surface area contributed by atoms with Gasteiger partial charge in [0.25, 0.3) is 0 Å². The molecule has 7 heteroatoms. The van der Waals surface area contributed by atoms with E-state index < -0.39 is 6.04 Å². The Bertz CT molecular complexity index is 1100. The van der Waals surface area contributed by atoms with Crippen LogP contribution < -0.4 is 10.5 Å². The van der Waals surface area contributed by atoms with Crippen molar-refractivity contribution in [1.82, 2.24) is 14.9 Å². The Labute approximate surface area is 200 Å². The number of carbonyl (C=O) groups is 1. The second-order valence-electron chi connectivity index (χ2n) is 8.94. The number of nitrogens with zero attached hydrogens (tertiary/aromatic N) is 3. The summed E-state index contributed by atoms with van der Waals surface area (Å²) in [5, 5.41) is 0. The third-order valence-corrected chi connectivity index (χ3v) is 6.02.